The van der Waals surface area contributed by atoms with Crippen LogP contribution in [0.15, 0.2) is 18.5 Å². The smallest absolute Gasteiger partial charge is 0.247 e. The molecule has 1 aliphatic heterocycles. The maximum Gasteiger partial charge on any atom is 0.247 e. The molecule has 1 aromatic rings. The average Bonchev–Trinajstić information content (AvgIpc) is 2.63. The van der Waals surface area contributed by atoms with E-state index < -0.39 is 6.17 Å². The second kappa shape index (κ2) is 3.40. The molecule has 4 nitrogen and oxygen atoms in total. The summed E-state index contributed by atoms with van der Waals surface area (Å²) in [4.78, 5) is 13.2. The molecule has 0 spiro atoms. The highest BCUT2D eigenvalue weighted by Gasteiger charge is 2.33. The van der Waals surface area contributed by atoms with Gasteiger partial charge in [-0.3, -0.25) is 9.48 Å². The first kappa shape index (κ1) is 9.18. The minimum Gasteiger partial charge on any atom is -0.335 e. The number of carbonyl (C=O) groups is 1. The van der Waals surface area contributed by atoms with Gasteiger partial charge in [-0.1, -0.05) is 0 Å². The Balaban J connectivity index is 1.99. The SMILES string of the molecule is CC(C(=O)N1CC(F)C1)n1cccn1. The fourth-order valence-electron chi connectivity index (χ4n) is 1.49. The van der Waals surface area contributed by atoms with Crippen molar-refractivity contribution in [2.75, 3.05) is 13.1 Å². The molecule has 0 bridgehead atoms. The molecule has 2 rings (SSSR count). The second-order valence-corrected chi connectivity index (χ2v) is 3.50. The van der Waals surface area contributed by atoms with Gasteiger partial charge in [-0.2, -0.15) is 5.10 Å². The van der Waals surface area contributed by atoms with Crippen molar-refractivity contribution in [1.82, 2.24) is 14.7 Å². The predicted molar refractivity (Wildman–Crippen MR) is 48.4 cm³/mol. The van der Waals surface area contributed by atoms with Crippen LogP contribution in [0.25, 0.3) is 0 Å². The van der Waals surface area contributed by atoms with Crippen LogP contribution in [-0.2, 0) is 4.79 Å². The number of alkyl halides is 1. The molecule has 1 saturated heterocycles. The van der Waals surface area contributed by atoms with E-state index in [0.717, 1.165) is 0 Å². The molecule has 1 atom stereocenters. The first-order valence-corrected chi connectivity index (χ1v) is 4.60. The highest BCUT2D eigenvalue weighted by Crippen LogP contribution is 2.16. The lowest BCUT2D eigenvalue weighted by molar-refractivity contribution is -0.141. The Hall–Kier alpha value is -1.39. The second-order valence-electron chi connectivity index (χ2n) is 3.50. The summed E-state index contributed by atoms with van der Waals surface area (Å²) in [6.07, 6.45) is 2.51. The zero-order valence-corrected chi connectivity index (χ0v) is 7.93. The zero-order valence-electron chi connectivity index (χ0n) is 7.93. The van der Waals surface area contributed by atoms with Crippen molar-refractivity contribution in [3.8, 4) is 0 Å². The molecule has 0 aliphatic carbocycles. The molecule has 1 aliphatic rings. The largest absolute Gasteiger partial charge is 0.335 e. The number of carbonyl (C=O) groups excluding carboxylic acids is 1. The van der Waals surface area contributed by atoms with E-state index in [0.29, 0.717) is 0 Å². The first-order chi connectivity index (χ1) is 6.68. The van der Waals surface area contributed by atoms with E-state index >= 15 is 0 Å². The van der Waals surface area contributed by atoms with E-state index in [1.54, 1.807) is 30.1 Å². The number of nitrogens with zero attached hydrogens (tertiary/aromatic N) is 3. The molecule has 1 aromatic heterocycles. The number of halogens is 1. The zero-order chi connectivity index (χ0) is 10.1. The molecule has 1 amide bonds. The number of hydrogen-bond donors (Lipinski definition) is 0. The number of rotatable bonds is 2. The van der Waals surface area contributed by atoms with Crippen LogP contribution in [0.3, 0.4) is 0 Å². The molecule has 0 N–H and O–H groups in total. The van der Waals surface area contributed by atoms with Gasteiger partial charge in [0.2, 0.25) is 5.91 Å². The molecule has 1 fully saturated rings. The van der Waals surface area contributed by atoms with E-state index in [9.17, 15) is 9.18 Å². The topological polar surface area (TPSA) is 38.1 Å². The van der Waals surface area contributed by atoms with Gasteiger partial charge in [0.25, 0.3) is 0 Å². The van der Waals surface area contributed by atoms with Crippen molar-refractivity contribution in [3.05, 3.63) is 18.5 Å². The van der Waals surface area contributed by atoms with Gasteiger partial charge in [0.05, 0.1) is 13.1 Å². The maximum atomic E-state index is 12.5. The molecule has 14 heavy (non-hydrogen) atoms. The molecule has 0 aromatic carbocycles. The quantitative estimate of drug-likeness (QED) is 0.697. The van der Waals surface area contributed by atoms with Gasteiger partial charge in [-0.15, -0.1) is 0 Å². The lowest BCUT2D eigenvalue weighted by Gasteiger charge is -2.36. The molecule has 5 heteroatoms. The molecule has 76 valence electrons. The van der Waals surface area contributed by atoms with Gasteiger partial charge < -0.3 is 4.90 Å². The Morgan fingerprint density at radius 3 is 2.86 bits per heavy atom. The predicted octanol–water partition coefficient (Wildman–Crippen LogP) is 0.624. The minimum atomic E-state index is -0.844. The lowest BCUT2D eigenvalue weighted by Crippen LogP contribution is -2.53. The van der Waals surface area contributed by atoms with Crippen LogP contribution in [0.5, 0.6) is 0 Å². The summed E-state index contributed by atoms with van der Waals surface area (Å²) in [6.45, 7) is 2.22. The van der Waals surface area contributed by atoms with Gasteiger partial charge in [0.15, 0.2) is 0 Å². The summed E-state index contributed by atoms with van der Waals surface area (Å²) in [7, 11) is 0. The number of amides is 1. The minimum absolute atomic E-state index is 0.0670. The Kier molecular flexibility index (Phi) is 2.23. The number of hydrogen-bond acceptors (Lipinski definition) is 2. The van der Waals surface area contributed by atoms with Gasteiger partial charge in [0.1, 0.15) is 12.2 Å². The molecular weight excluding hydrogens is 185 g/mol. The van der Waals surface area contributed by atoms with Crippen LogP contribution in [0, 0.1) is 0 Å². The third-order valence-electron chi connectivity index (χ3n) is 2.43. The lowest BCUT2D eigenvalue weighted by atomic mass is 10.1. The average molecular weight is 197 g/mol. The van der Waals surface area contributed by atoms with Crippen molar-refractivity contribution >= 4 is 5.91 Å². The Labute approximate surface area is 81.3 Å². The summed E-state index contributed by atoms with van der Waals surface area (Å²) >= 11 is 0. The highest BCUT2D eigenvalue weighted by atomic mass is 19.1. The summed E-state index contributed by atoms with van der Waals surface area (Å²) in [5, 5.41) is 3.97. The fraction of sp³-hybridized carbons (Fsp3) is 0.556. The number of likely N-dealkylation sites (tertiary alicyclic amines) is 1. The van der Waals surface area contributed by atoms with Crippen LogP contribution >= 0.6 is 0 Å². The third kappa shape index (κ3) is 1.49. The Morgan fingerprint density at radius 2 is 2.36 bits per heavy atom. The van der Waals surface area contributed by atoms with Crippen LogP contribution in [0.2, 0.25) is 0 Å². The highest BCUT2D eigenvalue weighted by molar-refractivity contribution is 5.80. The van der Waals surface area contributed by atoms with Crippen LogP contribution in [-0.4, -0.2) is 39.8 Å². The first-order valence-electron chi connectivity index (χ1n) is 4.60. The summed E-state index contributed by atoms with van der Waals surface area (Å²) < 4.78 is 14.1. The third-order valence-corrected chi connectivity index (χ3v) is 2.43. The van der Waals surface area contributed by atoms with Crippen molar-refractivity contribution in [1.29, 1.82) is 0 Å². The molecular formula is C9H12FN3O. The molecule has 1 unspecified atom stereocenters. The summed E-state index contributed by atoms with van der Waals surface area (Å²) in [5.41, 5.74) is 0. The van der Waals surface area contributed by atoms with Gasteiger partial charge >= 0.3 is 0 Å². The monoisotopic (exact) mass is 197 g/mol. The fourth-order valence-corrected chi connectivity index (χ4v) is 1.49. The van der Waals surface area contributed by atoms with Crippen molar-refractivity contribution in [2.45, 2.75) is 19.1 Å². The van der Waals surface area contributed by atoms with Gasteiger partial charge in [-0.05, 0) is 13.0 Å². The van der Waals surface area contributed by atoms with E-state index in [1.807, 2.05) is 0 Å². The van der Waals surface area contributed by atoms with Crippen LogP contribution < -0.4 is 0 Å². The number of aromatic nitrogens is 2. The van der Waals surface area contributed by atoms with E-state index in [1.165, 1.54) is 4.90 Å². The summed E-state index contributed by atoms with van der Waals surface area (Å²) in [6, 6.07) is 1.43. The summed E-state index contributed by atoms with van der Waals surface area (Å²) in [5.74, 6) is -0.0670. The van der Waals surface area contributed by atoms with E-state index in [2.05, 4.69) is 5.10 Å². The Bertz CT molecular complexity index is 319. The van der Waals surface area contributed by atoms with Crippen molar-refractivity contribution in [3.63, 3.8) is 0 Å². The van der Waals surface area contributed by atoms with Crippen molar-refractivity contribution < 1.29 is 9.18 Å². The standard InChI is InChI=1S/C9H12FN3O/c1-7(13-4-2-3-11-13)9(14)12-5-8(10)6-12/h2-4,7-8H,5-6H2,1H3. The molecule has 0 radical (unpaired) electrons. The van der Waals surface area contributed by atoms with Crippen molar-refractivity contribution in [2.24, 2.45) is 0 Å². The van der Waals surface area contributed by atoms with E-state index in [-0.39, 0.29) is 25.0 Å². The normalized spacial score (nSPS) is 19.1. The van der Waals surface area contributed by atoms with Gasteiger partial charge in [-0.25, -0.2) is 4.39 Å². The molecule has 0 saturated carbocycles. The van der Waals surface area contributed by atoms with E-state index in [4.69, 9.17) is 0 Å². The maximum absolute atomic E-state index is 12.5. The van der Waals surface area contributed by atoms with Gasteiger partial charge in [0, 0.05) is 12.4 Å². The van der Waals surface area contributed by atoms with Crippen LogP contribution in [0.1, 0.15) is 13.0 Å². The Morgan fingerprint density at radius 1 is 1.64 bits per heavy atom. The molecule has 2 heterocycles. The van der Waals surface area contributed by atoms with Crippen LogP contribution in [0.4, 0.5) is 4.39 Å².